The molecule has 1 aliphatic heterocycles. The summed E-state index contributed by atoms with van der Waals surface area (Å²) in [5.41, 5.74) is 3.36. The first-order chi connectivity index (χ1) is 15.9. The molecule has 2 unspecified atom stereocenters. The third-order valence-corrected chi connectivity index (χ3v) is 5.53. The van der Waals surface area contributed by atoms with Gasteiger partial charge < -0.3 is 14.8 Å². The fraction of sp³-hybridized carbons (Fsp3) is 0.261. The molecule has 2 aromatic rings. The highest BCUT2D eigenvalue weighted by Gasteiger charge is 2.42. The Labute approximate surface area is 188 Å². The highest BCUT2D eigenvalue weighted by Crippen LogP contribution is 2.33. The Morgan fingerprint density at radius 1 is 1.09 bits per heavy atom. The average Bonchev–Trinajstić information content (AvgIpc) is 2.81. The Morgan fingerprint density at radius 3 is 2.58 bits per heavy atom. The molecule has 172 valence electrons. The number of ether oxygens (including phenoxy) is 2. The summed E-state index contributed by atoms with van der Waals surface area (Å²) in [6, 6.07) is 10.3. The molecule has 1 heterocycles. The summed E-state index contributed by atoms with van der Waals surface area (Å²) >= 11 is 0. The van der Waals surface area contributed by atoms with Crippen LogP contribution in [-0.2, 0) is 9.59 Å². The van der Waals surface area contributed by atoms with Gasteiger partial charge in [0.05, 0.1) is 24.6 Å². The van der Waals surface area contributed by atoms with E-state index in [4.69, 9.17) is 4.74 Å². The van der Waals surface area contributed by atoms with Crippen LogP contribution in [0.4, 0.5) is 20.2 Å². The smallest absolute Gasteiger partial charge is 0.387 e. The molecule has 10 heteroatoms. The molecule has 33 heavy (non-hydrogen) atoms. The Morgan fingerprint density at radius 2 is 1.85 bits per heavy atom. The number of fused-ring (bicyclic) bond motifs is 1. The van der Waals surface area contributed by atoms with E-state index in [0.29, 0.717) is 18.5 Å². The second kappa shape index (κ2) is 9.27. The number of carbonyl (C=O) groups is 3. The number of allylic oxidation sites excluding steroid dienone is 2. The highest BCUT2D eigenvalue weighted by molar-refractivity contribution is 6.07. The number of amides is 3. The lowest BCUT2D eigenvalue weighted by molar-refractivity contribution is -0.139. The number of methoxy groups -OCH3 is 1. The van der Waals surface area contributed by atoms with Crippen LogP contribution in [0, 0.1) is 11.8 Å². The van der Waals surface area contributed by atoms with Crippen molar-refractivity contribution in [3.8, 4) is 11.5 Å². The van der Waals surface area contributed by atoms with Crippen molar-refractivity contribution in [2.75, 3.05) is 17.4 Å². The lowest BCUT2D eigenvalue weighted by atomic mass is 9.80. The highest BCUT2D eigenvalue weighted by atomic mass is 19.3. The maximum absolute atomic E-state index is 13.0. The topological polar surface area (TPSA) is 97.0 Å². The first kappa shape index (κ1) is 22.3. The Balaban J connectivity index is 1.53. The van der Waals surface area contributed by atoms with Crippen LogP contribution in [0.2, 0.25) is 0 Å². The van der Waals surface area contributed by atoms with Crippen LogP contribution < -0.4 is 25.2 Å². The number of carbonyl (C=O) groups excluding carboxylic acids is 3. The molecule has 3 amide bonds. The molecule has 2 atom stereocenters. The van der Waals surface area contributed by atoms with Gasteiger partial charge in [0.1, 0.15) is 0 Å². The van der Waals surface area contributed by atoms with Gasteiger partial charge in [-0.1, -0.05) is 18.2 Å². The van der Waals surface area contributed by atoms with E-state index in [9.17, 15) is 23.2 Å². The number of hydrazine groups is 1. The van der Waals surface area contributed by atoms with Crippen LogP contribution >= 0.6 is 0 Å². The van der Waals surface area contributed by atoms with Crippen molar-refractivity contribution >= 4 is 29.1 Å². The van der Waals surface area contributed by atoms with Gasteiger partial charge in [-0.25, -0.2) is 5.01 Å². The molecule has 4 rings (SSSR count). The number of anilines is 2. The van der Waals surface area contributed by atoms with Gasteiger partial charge in [-0.05, 0) is 43.2 Å². The minimum absolute atomic E-state index is 0.0884. The van der Waals surface area contributed by atoms with Crippen LogP contribution in [0.1, 0.15) is 23.2 Å². The lowest BCUT2D eigenvalue weighted by Crippen LogP contribution is -2.59. The number of alkyl halides is 2. The Hall–Kier alpha value is -3.95. The molecule has 1 aliphatic carbocycles. The maximum atomic E-state index is 13.0. The van der Waals surface area contributed by atoms with Crippen LogP contribution in [0.5, 0.6) is 11.5 Å². The minimum Gasteiger partial charge on any atom is -0.493 e. The van der Waals surface area contributed by atoms with Gasteiger partial charge >= 0.3 is 6.61 Å². The first-order valence-corrected chi connectivity index (χ1v) is 10.2. The molecule has 2 aromatic carbocycles. The Bertz CT molecular complexity index is 1120. The van der Waals surface area contributed by atoms with E-state index in [1.165, 1.54) is 42.5 Å². The number of hydrogen-bond donors (Lipinski definition) is 2. The fourth-order valence-electron chi connectivity index (χ4n) is 3.91. The van der Waals surface area contributed by atoms with Crippen LogP contribution in [0.25, 0.3) is 0 Å². The zero-order valence-corrected chi connectivity index (χ0v) is 17.6. The molecule has 2 N–H and O–H groups in total. The predicted molar refractivity (Wildman–Crippen MR) is 115 cm³/mol. The van der Waals surface area contributed by atoms with Crippen molar-refractivity contribution < 1.29 is 32.6 Å². The van der Waals surface area contributed by atoms with Crippen molar-refractivity contribution in [1.82, 2.24) is 5.43 Å². The number of nitrogens with one attached hydrogen (secondary N) is 2. The molecule has 2 aliphatic rings. The SMILES string of the molecule is COc1ccc(NC(=O)c2cccc(N3NC(=O)C4CC=CCC4C3=O)c2)cc1OC(F)F. The molecular weight excluding hydrogens is 436 g/mol. The van der Waals surface area contributed by atoms with Gasteiger partial charge in [-0.3, -0.25) is 19.8 Å². The minimum atomic E-state index is -3.06. The standard InChI is InChI=1S/C23H21F2N3O5/c1-32-18-10-9-14(12-19(18)33-23(24)25)26-20(29)13-5-4-6-15(11-13)28-22(31)17-8-3-2-7-16(17)21(30)27-28/h2-6,9-12,16-17,23H,7-8H2,1H3,(H,26,29)(H,27,30). The number of hydrogen-bond acceptors (Lipinski definition) is 5. The van der Waals surface area contributed by atoms with Crippen molar-refractivity contribution in [2.24, 2.45) is 11.8 Å². The monoisotopic (exact) mass is 457 g/mol. The largest absolute Gasteiger partial charge is 0.493 e. The third kappa shape index (κ3) is 4.64. The normalized spacial score (nSPS) is 19.7. The summed E-state index contributed by atoms with van der Waals surface area (Å²) in [6.07, 6.45) is 4.78. The molecule has 0 spiro atoms. The lowest BCUT2D eigenvalue weighted by Gasteiger charge is -2.38. The average molecular weight is 457 g/mol. The van der Waals surface area contributed by atoms with E-state index >= 15 is 0 Å². The summed E-state index contributed by atoms with van der Waals surface area (Å²) in [5.74, 6) is -2.02. The summed E-state index contributed by atoms with van der Waals surface area (Å²) in [7, 11) is 1.31. The Kier molecular flexibility index (Phi) is 6.25. The van der Waals surface area contributed by atoms with Crippen LogP contribution in [0.15, 0.2) is 54.6 Å². The number of benzene rings is 2. The molecule has 8 nitrogen and oxygen atoms in total. The third-order valence-electron chi connectivity index (χ3n) is 5.53. The van der Waals surface area contributed by atoms with E-state index in [0.717, 1.165) is 0 Å². The second-order valence-electron chi connectivity index (χ2n) is 7.55. The van der Waals surface area contributed by atoms with Gasteiger partial charge in [0, 0.05) is 17.3 Å². The summed E-state index contributed by atoms with van der Waals surface area (Å²) in [5, 5.41) is 3.77. The zero-order valence-electron chi connectivity index (χ0n) is 17.6. The van der Waals surface area contributed by atoms with Crippen LogP contribution in [-0.4, -0.2) is 31.4 Å². The van der Waals surface area contributed by atoms with Crippen molar-refractivity contribution in [3.63, 3.8) is 0 Å². The number of rotatable bonds is 6. The second-order valence-corrected chi connectivity index (χ2v) is 7.55. The van der Waals surface area contributed by atoms with E-state index in [1.54, 1.807) is 12.1 Å². The van der Waals surface area contributed by atoms with E-state index in [-0.39, 0.29) is 34.6 Å². The quantitative estimate of drug-likeness (QED) is 0.648. The van der Waals surface area contributed by atoms with E-state index in [2.05, 4.69) is 15.5 Å². The van der Waals surface area contributed by atoms with Gasteiger partial charge in [0.25, 0.3) is 5.91 Å². The molecular formula is C23H21F2N3O5. The molecule has 0 radical (unpaired) electrons. The molecule has 0 bridgehead atoms. The first-order valence-electron chi connectivity index (χ1n) is 10.2. The van der Waals surface area contributed by atoms with Gasteiger partial charge in [0.2, 0.25) is 11.8 Å². The summed E-state index contributed by atoms with van der Waals surface area (Å²) in [6.45, 7) is -3.06. The fourth-order valence-corrected chi connectivity index (χ4v) is 3.91. The number of halogens is 2. The van der Waals surface area contributed by atoms with Gasteiger partial charge in [-0.2, -0.15) is 8.78 Å². The van der Waals surface area contributed by atoms with Crippen LogP contribution in [0.3, 0.4) is 0 Å². The van der Waals surface area contributed by atoms with Gasteiger partial charge in [0.15, 0.2) is 11.5 Å². The van der Waals surface area contributed by atoms with E-state index in [1.807, 2.05) is 12.2 Å². The van der Waals surface area contributed by atoms with Crippen molar-refractivity contribution in [2.45, 2.75) is 19.5 Å². The van der Waals surface area contributed by atoms with Crippen molar-refractivity contribution in [3.05, 3.63) is 60.2 Å². The molecule has 0 aromatic heterocycles. The molecule has 1 fully saturated rings. The number of nitrogens with zero attached hydrogens (tertiary/aromatic N) is 1. The zero-order chi connectivity index (χ0) is 23.5. The summed E-state index contributed by atoms with van der Waals surface area (Å²) < 4.78 is 34.7. The molecule has 0 saturated carbocycles. The molecule has 1 saturated heterocycles. The van der Waals surface area contributed by atoms with Crippen molar-refractivity contribution in [1.29, 1.82) is 0 Å². The van der Waals surface area contributed by atoms with Gasteiger partial charge in [-0.15, -0.1) is 0 Å². The summed E-state index contributed by atoms with van der Waals surface area (Å²) in [4.78, 5) is 38.2. The van der Waals surface area contributed by atoms with E-state index < -0.39 is 24.4 Å². The predicted octanol–water partition coefficient (Wildman–Crippen LogP) is 3.51. The maximum Gasteiger partial charge on any atom is 0.387 e.